The van der Waals surface area contributed by atoms with Crippen LogP contribution in [-0.2, 0) is 0 Å². The zero-order chi connectivity index (χ0) is 10.1. The van der Waals surface area contributed by atoms with Gasteiger partial charge < -0.3 is 5.32 Å². The molecule has 1 N–H and O–H groups in total. The number of urea groups is 1. The largest absolute Gasteiger partial charge is 0.336 e. The molecular weight excluding hydrogens is 176 g/mol. The molecule has 1 heterocycles. The number of carbonyl (C=O) groups is 1. The van der Waals surface area contributed by atoms with Crippen molar-refractivity contribution in [3.05, 3.63) is 29.3 Å². The Bertz CT molecular complexity index is 374. The van der Waals surface area contributed by atoms with E-state index in [1.165, 1.54) is 11.1 Å². The third-order valence-electron chi connectivity index (χ3n) is 2.72. The smallest absolute Gasteiger partial charge is 0.322 e. The fourth-order valence-corrected chi connectivity index (χ4v) is 1.73. The van der Waals surface area contributed by atoms with Crippen molar-refractivity contribution in [2.75, 3.05) is 18.0 Å². The molecule has 3 nitrogen and oxygen atoms in total. The molecule has 0 unspecified atom stereocenters. The van der Waals surface area contributed by atoms with Gasteiger partial charge in [-0.1, -0.05) is 12.1 Å². The highest BCUT2D eigenvalue weighted by molar-refractivity contribution is 5.94. The van der Waals surface area contributed by atoms with E-state index in [2.05, 4.69) is 25.2 Å². The van der Waals surface area contributed by atoms with E-state index in [-0.39, 0.29) is 6.03 Å². The average molecular weight is 190 g/mol. The standard InChI is InChI=1S/C11H14N2O/c1-8-4-3-5-10(9(8)2)13-7-6-12-11(13)14/h3-5H,6-7H2,1-2H3,(H,12,14). The molecule has 1 fully saturated rings. The number of nitrogens with one attached hydrogen (secondary N) is 1. The lowest BCUT2D eigenvalue weighted by Gasteiger charge is -2.17. The first kappa shape index (κ1) is 9.06. The van der Waals surface area contributed by atoms with E-state index >= 15 is 0 Å². The Balaban J connectivity index is 2.41. The summed E-state index contributed by atoms with van der Waals surface area (Å²) in [5, 5.41) is 2.80. The Labute approximate surface area is 83.7 Å². The molecule has 0 aromatic heterocycles. The fourth-order valence-electron chi connectivity index (χ4n) is 1.73. The second kappa shape index (κ2) is 3.33. The molecule has 0 bridgehead atoms. The van der Waals surface area contributed by atoms with Crippen LogP contribution in [0.15, 0.2) is 18.2 Å². The molecule has 1 saturated heterocycles. The third-order valence-corrected chi connectivity index (χ3v) is 2.72. The molecular formula is C11H14N2O. The van der Waals surface area contributed by atoms with Crippen LogP contribution in [0, 0.1) is 13.8 Å². The molecule has 1 aliphatic heterocycles. The van der Waals surface area contributed by atoms with Crippen LogP contribution in [-0.4, -0.2) is 19.1 Å². The SMILES string of the molecule is Cc1cccc(N2CCNC2=O)c1C. The van der Waals surface area contributed by atoms with Crippen molar-refractivity contribution in [3.63, 3.8) is 0 Å². The van der Waals surface area contributed by atoms with Crippen molar-refractivity contribution in [3.8, 4) is 0 Å². The molecule has 0 saturated carbocycles. The predicted molar refractivity (Wildman–Crippen MR) is 56.7 cm³/mol. The molecule has 14 heavy (non-hydrogen) atoms. The maximum absolute atomic E-state index is 11.5. The van der Waals surface area contributed by atoms with Gasteiger partial charge in [0.05, 0.1) is 0 Å². The van der Waals surface area contributed by atoms with E-state index < -0.39 is 0 Å². The van der Waals surface area contributed by atoms with Crippen molar-refractivity contribution in [1.82, 2.24) is 5.32 Å². The average Bonchev–Trinajstić information content (AvgIpc) is 2.57. The van der Waals surface area contributed by atoms with Gasteiger partial charge in [0, 0.05) is 18.8 Å². The Morgan fingerprint density at radius 2 is 2.14 bits per heavy atom. The Morgan fingerprint density at radius 1 is 1.36 bits per heavy atom. The third kappa shape index (κ3) is 1.35. The van der Waals surface area contributed by atoms with Gasteiger partial charge in [-0.2, -0.15) is 0 Å². The highest BCUT2D eigenvalue weighted by atomic mass is 16.2. The molecule has 0 radical (unpaired) electrons. The number of benzene rings is 1. The highest BCUT2D eigenvalue weighted by Gasteiger charge is 2.22. The van der Waals surface area contributed by atoms with Crippen LogP contribution in [0.5, 0.6) is 0 Å². The second-order valence-electron chi connectivity index (χ2n) is 3.60. The molecule has 2 rings (SSSR count). The Kier molecular flexibility index (Phi) is 2.15. The molecule has 2 amide bonds. The molecule has 3 heteroatoms. The summed E-state index contributed by atoms with van der Waals surface area (Å²) in [6, 6.07) is 6.06. The van der Waals surface area contributed by atoms with E-state index in [1.54, 1.807) is 4.90 Å². The summed E-state index contributed by atoms with van der Waals surface area (Å²) in [6.07, 6.45) is 0. The van der Waals surface area contributed by atoms with Gasteiger partial charge in [0.15, 0.2) is 0 Å². The maximum Gasteiger partial charge on any atom is 0.322 e. The van der Waals surface area contributed by atoms with Crippen LogP contribution >= 0.6 is 0 Å². The number of amides is 2. The summed E-state index contributed by atoms with van der Waals surface area (Å²) < 4.78 is 0. The number of rotatable bonds is 1. The number of hydrogen-bond donors (Lipinski definition) is 1. The number of nitrogens with zero attached hydrogens (tertiary/aromatic N) is 1. The molecule has 0 aliphatic carbocycles. The normalized spacial score (nSPS) is 15.9. The van der Waals surface area contributed by atoms with Crippen molar-refractivity contribution < 1.29 is 4.79 Å². The van der Waals surface area contributed by atoms with Crippen molar-refractivity contribution in [2.24, 2.45) is 0 Å². The van der Waals surface area contributed by atoms with E-state index in [0.29, 0.717) is 0 Å². The lowest BCUT2D eigenvalue weighted by atomic mass is 10.1. The predicted octanol–water partition coefficient (Wildman–Crippen LogP) is 1.83. The summed E-state index contributed by atoms with van der Waals surface area (Å²) in [5.41, 5.74) is 3.44. The van der Waals surface area contributed by atoms with Crippen LogP contribution < -0.4 is 10.2 Å². The van der Waals surface area contributed by atoms with Crippen LogP contribution in [0.2, 0.25) is 0 Å². The maximum atomic E-state index is 11.5. The minimum absolute atomic E-state index is 0.0127. The minimum Gasteiger partial charge on any atom is -0.336 e. The molecule has 1 aliphatic rings. The van der Waals surface area contributed by atoms with Crippen LogP contribution in [0.25, 0.3) is 0 Å². The number of carbonyl (C=O) groups excluding carboxylic acids is 1. The summed E-state index contributed by atoms with van der Waals surface area (Å²) in [6.45, 7) is 5.62. The summed E-state index contributed by atoms with van der Waals surface area (Å²) in [4.78, 5) is 13.2. The lowest BCUT2D eigenvalue weighted by molar-refractivity contribution is 0.252. The molecule has 0 atom stereocenters. The molecule has 1 aromatic rings. The fraction of sp³-hybridized carbons (Fsp3) is 0.364. The Morgan fingerprint density at radius 3 is 2.79 bits per heavy atom. The number of aryl methyl sites for hydroxylation is 1. The Hall–Kier alpha value is -1.51. The minimum atomic E-state index is 0.0127. The quantitative estimate of drug-likeness (QED) is 0.720. The molecule has 74 valence electrons. The summed E-state index contributed by atoms with van der Waals surface area (Å²) >= 11 is 0. The van der Waals surface area contributed by atoms with Gasteiger partial charge in [-0.15, -0.1) is 0 Å². The summed E-state index contributed by atoms with van der Waals surface area (Å²) in [5.74, 6) is 0. The lowest BCUT2D eigenvalue weighted by Crippen LogP contribution is -2.28. The van der Waals surface area contributed by atoms with Crippen molar-refractivity contribution >= 4 is 11.7 Å². The molecule has 1 aromatic carbocycles. The van der Waals surface area contributed by atoms with Crippen LogP contribution in [0.1, 0.15) is 11.1 Å². The monoisotopic (exact) mass is 190 g/mol. The van der Waals surface area contributed by atoms with E-state index in [1.807, 2.05) is 12.1 Å². The van der Waals surface area contributed by atoms with Gasteiger partial charge in [0.1, 0.15) is 0 Å². The zero-order valence-electron chi connectivity index (χ0n) is 8.50. The van der Waals surface area contributed by atoms with Crippen molar-refractivity contribution in [1.29, 1.82) is 0 Å². The van der Waals surface area contributed by atoms with Gasteiger partial charge in [-0.25, -0.2) is 4.79 Å². The highest BCUT2D eigenvalue weighted by Crippen LogP contribution is 2.23. The number of hydrogen-bond acceptors (Lipinski definition) is 1. The van der Waals surface area contributed by atoms with Gasteiger partial charge in [0.2, 0.25) is 0 Å². The first-order chi connectivity index (χ1) is 6.70. The van der Waals surface area contributed by atoms with Crippen molar-refractivity contribution in [2.45, 2.75) is 13.8 Å². The van der Waals surface area contributed by atoms with E-state index in [0.717, 1.165) is 18.8 Å². The zero-order valence-corrected chi connectivity index (χ0v) is 8.50. The molecule has 0 spiro atoms. The van der Waals surface area contributed by atoms with Crippen LogP contribution in [0.3, 0.4) is 0 Å². The topological polar surface area (TPSA) is 32.3 Å². The second-order valence-corrected chi connectivity index (χ2v) is 3.60. The van der Waals surface area contributed by atoms with Gasteiger partial charge in [-0.05, 0) is 31.0 Å². The van der Waals surface area contributed by atoms with E-state index in [9.17, 15) is 4.79 Å². The first-order valence-electron chi connectivity index (χ1n) is 4.82. The summed E-state index contributed by atoms with van der Waals surface area (Å²) in [7, 11) is 0. The van der Waals surface area contributed by atoms with E-state index in [4.69, 9.17) is 0 Å². The van der Waals surface area contributed by atoms with Gasteiger partial charge >= 0.3 is 6.03 Å². The first-order valence-corrected chi connectivity index (χ1v) is 4.82. The van der Waals surface area contributed by atoms with Crippen LogP contribution in [0.4, 0.5) is 10.5 Å². The number of anilines is 1. The van der Waals surface area contributed by atoms with Gasteiger partial charge in [-0.3, -0.25) is 4.90 Å². The van der Waals surface area contributed by atoms with Gasteiger partial charge in [0.25, 0.3) is 0 Å².